The molecule has 0 bridgehead atoms. The van der Waals surface area contributed by atoms with E-state index in [2.05, 4.69) is 12.2 Å². The molecule has 8 heteroatoms. The Hall–Kier alpha value is -1.89. The van der Waals surface area contributed by atoms with Crippen LogP contribution in [0.3, 0.4) is 0 Å². The first-order valence-corrected chi connectivity index (χ1v) is 13.0. The summed E-state index contributed by atoms with van der Waals surface area (Å²) in [4.78, 5) is 27.8. The smallest absolute Gasteiger partial charge is 0.242 e. The van der Waals surface area contributed by atoms with Crippen LogP contribution in [0.5, 0.6) is 5.75 Å². The van der Waals surface area contributed by atoms with E-state index >= 15 is 0 Å². The molecule has 2 aromatic carbocycles. The van der Waals surface area contributed by atoms with E-state index in [-0.39, 0.29) is 17.6 Å². The number of hydrogen-bond acceptors (Lipinski definition) is 4. The number of nitrogens with one attached hydrogen (secondary N) is 1. The quantitative estimate of drug-likeness (QED) is 0.337. The Balaban J connectivity index is 2.11. The fraction of sp³-hybridized carbons (Fsp3) is 0.440. The van der Waals surface area contributed by atoms with Gasteiger partial charge in [0.2, 0.25) is 11.8 Å². The third-order valence-electron chi connectivity index (χ3n) is 5.21. The van der Waals surface area contributed by atoms with Crippen LogP contribution >= 0.6 is 35.0 Å². The van der Waals surface area contributed by atoms with Crippen LogP contribution in [0.15, 0.2) is 42.5 Å². The van der Waals surface area contributed by atoms with Gasteiger partial charge in [0, 0.05) is 18.8 Å². The monoisotopic (exact) mass is 510 g/mol. The number of carbonyl (C=O) groups is 2. The molecule has 0 radical (unpaired) electrons. The van der Waals surface area contributed by atoms with Crippen molar-refractivity contribution in [2.24, 2.45) is 0 Å². The summed E-state index contributed by atoms with van der Waals surface area (Å²) in [6, 6.07) is 12.5. The molecule has 33 heavy (non-hydrogen) atoms. The van der Waals surface area contributed by atoms with Crippen LogP contribution in [0.1, 0.15) is 44.2 Å². The Kier molecular flexibility index (Phi) is 11.9. The Morgan fingerprint density at radius 2 is 1.76 bits per heavy atom. The molecule has 2 amide bonds. The van der Waals surface area contributed by atoms with Crippen LogP contribution in [-0.2, 0) is 21.9 Å². The van der Waals surface area contributed by atoms with Crippen molar-refractivity contribution in [2.45, 2.75) is 51.4 Å². The number of hydrogen-bond donors (Lipinski definition) is 1. The van der Waals surface area contributed by atoms with Gasteiger partial charge in [-0.2, -0.15) is 0 Å². The fourth-order valence-corrected chi connectivity index (χ4v) is 4.51. The van der Waals surface area contributed by atoms with Gasteiger partial charge in [0.05, 0.1) is 22.9 Å². The molecule has 0 aliphatic carbocycles. The van der Waals surface area contributed by atoms with Gasteiger partial charge < -0.3 is 15.0 Å². The Morgan fingerprint density at radius 3 is 2.36 bits per heavy atom. The summed E-state index contributed by atoms with van der Waals surface area (Å²) in [5, 5.41) is 3.85. The first kappa shape index (κ1) is 27.4. The van der Waals surface area contributed by atoms with Gasteiger partial charge in [0.1, 0.15) is 11.8 Å². The molecule has 1 atom stereocenters. The van der Waals surface area contributed by atoms with Gasteiger partial charge in [-0.15, -0.1) is 11.8 Å². The van der Waals surface area contributed by atoms with Crippen molar-refractivity contribution in [2.75, 3.05) is 19.4 Å². The highest BCUT2D eigenvalue weighted by Crippen LogP contribution is 2.25. The summed E-state index contributed by atoms with van der Waals surface area (Å²) in [7, 11) is 1.63. The topological polar surface area (TPSA) is 58.6 Å². The minimum Gasteiger partial charge on any atom is -0.497 e. The summed E-state index contributed by atoms with van der Waals surface area (Å²) in [6.45, 7) is 4.89. The van der Waals surface area contributed by atoms with E-state index < -0.39 is 6.04 Å². The van der Waals surface area contributed by atoms with Crippen LogP contribution in [0.4, 0.5) is 0 Å². The zero-order valence-electron chi connectivity index (χ0n) is 19.4. The molecule has 1 unspecified atom stereocenters. The van der Waals surface area contributed by atoms with E-state index in [0.29, 0.717) is 35.3 Å². The zero-order valence-corrected chi connectivity index (χ0v) is 21.7. The molecule has 0 spiro atoms. The Bertz CT molecular complexity index is 909. The lowest BCUT2D eigenvalue weighted by Crippen LogP contribution is -2.49. The average molecular weight is 512 g/mol. The minimum atomic E-state index is -0.551. The fourth-order valence-electron chi connectivity index (χ4n) is 3.32. The van der Waals surface area contributed by atoms with E-state index in [0.717, 1.165) is 29.7 Å². The predicted octanol–water partition coefficient (Wildman–Crippen LogP) is 5.96. The first-order chi connectivity index (χ1) is 15.9. The first-order valence-electron chi connectivity index (χ1n) is 11.1. The van der Waals surface area contributed by atoms with E-state index in [1.807, 2.05) is 37.3 Å². The number of halogens is 2. The lowest BCUT2D eigenvalue weighted by Gasteiger charge is -2.30. The number of amides is 2. The summed E-state index contributed by atoms with van der Waals surface area (Å²) in [5.74, 6) is 1.55. The number of benzene rings is 2. The zero-order chi connectivity index (χ0) is 24.2. The third kappa shape index (κ3) is 8.76. The Morgan fingerprint density at radius 1 is 1.06 bits per heavy atom. The second-order valence-corrected chi connectivity index (χ2v) is 9.48. The molecular formula is C25H32Cl2N2O3S. The van der Waals surface area contributed by atoms with E-state index in [4.69, 9.17) is 27.9 Å². The van der Waals surface area contributed by atoms with Gasteiger partial charge in [0.15, 0.2) is 0 Å². The normalized spacial score (nSPS) is 11.7. The van der Waals surface area contributed by atoms with Gasteiger partial charge in [-0.1, -0.05) is 61.7 Å². The molecule has 1 N–H and O–H groups in total. The Labute approximate surface area is 211 Å². The number of thioether (sulfide) groups is 1. The maximum Gasteiger partial charge on any atom is 0.242 e. The lowest BCUT2D eigenvalue weighted by atomic mass is 10.1. The molecule has 2 aromatic rings. The van der Waals surface area contributed by atoms with Crippen molar-refractivity contribution in [3.05, 3.63) is 63.6 Å². The highest BCUT2D eigenvalue weighted by Gasteiger charge is 2.28. The number of methoxy groups -OCH3 is 1. The highest BCUT2D eigenvalue weighted by molar-refractivity contribution is 7.99. The summed E-state index contributed by atoms with van der Waals surface area (Å²) >= 11 is 13.8. The SMILES string of the molecule is CCCCNC(=O)C(CC)N(Cc1ccc(Cl)c(Cl)c1)C(=O)CSCc1ccc(OC)cc1. The molecular weight excluding hydrogens is 479 g/mol. The summed E-state index contributed by atoms with van der Waals surface area (Å²) in [5.41, 5.74) is 1.94. The van der Waals surface area contributed by atoms with Crippen molar-refractivity contribution in [1.29, 1.82) is 0 Å². The van der Waals surface area contributed by atoms with Crippen LogP contribution in [0.2, 0.25) is 10.0 Å². The molecule has 5 nitrogen and oxygen atoms in total. The van der Waals surface area contributed by atoms with Crippen LogP contribution in [0, 0.1) is 0 Å². The summed E-state index contributed by atoms with van der Waals surface area (Å²) in [6.07, 6.45) is 2.42. The molecule has 0 fully saturated rings. The number of nitrogens with zero attached hydrogens (tertiary/aromatic N) is 1. The summed E-state index contributed by atoms with van der Waals surface area (Å²) < 4.78 is 5.19. The molecule has 0 aliphatic heterocycles. The molecule has 0 aromatic heterocycles. The number of carbonyl (C=O) groups excluding carboxylic acids is 2. The molecule has 0 saturated heterocycles. The number of ether oxygens (including phenoxy) is 1. The molecule has 180 valence electrons. The van der Waals surface area contributed by atoms with E-state index in [9.17, 15) is 9.59 Å². The third-order valence-corrected chi connectivity index (χ3v) is 6.93. The van der Waals surface area contributed by atoms with Crippen molar-refractivity contribution >= 4 is 46.8 Å². The molecule has 0 saturated carbocycles. The standard InChI is InChI=1S/C25H32Cl2N2O3S/c1-4-6-13-28-25(31)23(5-2)29(15-19-9-12-21(26)22(27)14-19)24(30)17-33-16-18-7-10-20(32-3)11-8-18/h7-12,14,23H,4-6,13,15-17H2,1-3H3,(H,28,31). The largest absolute Gasteiger partial charge is 0.497 e. The van der Waals surface area contributed by atoms with Crippen molar-refractivity contribution in [1.82, 2.24) is 10.2 Å². The van der Waals surface area contributed by atoms with E-state index in [1.54, 1.807) is 24.1 Å². The second-order valence-electron chi connectivity index (χ2n) is 7.68. The van der Waals surface area contributed by atoms with Gasteiger partial charge in [-0.3, -0.25) is 9.59 Å². The van der Waals surface area contributed by atoms with Crippen molar-refractivity contribution in [3.63, 3.8) is 0 Å². The molecule has 0 heterocycles. The lowest BCUT2D eigenvalue weighted by molar-refractivity contribution is -0.139. The van der Waals surface area contributed by atoms with Crippen LogP contribution in [-0.4, -0.2) is 42.2 Å². The highest BCUT2D eigenvalue weighted by atomic mass is 35.5. The van der Waals surface area contributed by atoms with Gasteiger partial charge in [-0.05, 0) is 48.2 Å². The van der Waals surface area contributed by atoms with Gasteiger partial charge in [0.25, 0.3) is 0 Å². The maximum atomic E-state index is 13.3. The van der Waals surface area contributed by atoms with Crippen LogP contribution in [0.25, 0.3) is 0 Å². The average Bonchev–Trinajstić information content (AvgIpc) is 2.81. The van der Waals surface area contributed by atoms with Crippen LogP contribution < -0.4 is 10.1 Å². The number of rotatable bonds is 13. The molecule has 2 rings (SSSR count). The number of unbranched alkanes of at least 4 members (excludes halogenated alkanes) is 1. The van der Waals surface area contributed by atoms with E-state index in [1.165, 1.54) is 11.8 Å². The minimum absolute atomic E-state index is 0.0860. The second kappa shape index (κ2) is 14.4. The van der Waals surface area contributed by atoms with Gasteiger partial charge >= 0.3 is 0 Å². The maximum absolute atomic E-state index is 13.3. The van der Waals surface area contributed by atoms with Gasteiger partial charge in [-0.25, -0.2) is 0 Å². The predicted molar refractivity (Wildman–Crippen MR) is 138 cm³/mol. The van der Waals surface area contributed by atoms with Crippen molar-refractivity contribution < 1.29 is 14.3 Å². The van der Waals surface area contributed by atoms with Crippen molar-refractivity contribution in [3.8, 4) is 5.75 Å². The molecule has 0 aliphatic rings.